The number of hydrogen-bond donors (Lipinski definition) is 2. The van der Waals surface area contributed by atoms with Crippen molar-refractivity contribution in [1.29, 1.82) is 0 Å². The summed E-state index contributed by atoms with van der Waals surface area (Å²) in [7, 11) is -5.72. The topological polar surface area (TPSA) is 95.1 Å². The summed E-state index contributed by atoms with van der Waals surface area (Å²) in [6.07, 6.45) is 1.55. The standard InChI is InChI=1S/C38H48N2O6SSi/c1-6-48(7-2,8-3)46-38(32-20-21-35(34(24-32)40-47(5,41)42)43-26-30-17-13-10-14-18-30)28(4)39-33(23-29-15-11-9-12-16-29)31-19-22-36-37(25-31)45-27-44-36/h9-22,24-25,28,33,38-40H,6-8,23,26-27H2,1-5H3/t28-,33-,38-/m1/s1. The fourth-order valence-electron chi connectivity index (χ4n) is 6.25. The molecule has 0 amide bonds. The van der Waals surface area contributed by atoms with Gasteiger partial charge in [-0.1, -0.05) is 93.6 Å². The van der Waals surface area contributed by atoms with E-state index in [1.54, 1.807) is 0 Å². The SMILES string of the molecule is CC[Si](CC)(CC)O[C@@H](c1ccc(OCc2ccccc2)c(NS(C)(=O)=O)c1)[C@@H](C)N[C@H](Cc1ccccc1)c1ccc2c(c1)OCO2. The van der Waals surface area contributed by atoms with Gasteiger partial charge in [0.15, 0.2) is 19.8 Å². The van der Waals surface area contributed by atoms with Crippen molar-refractivity contribution < 1.29 is 27.1 Å². The molecule has 48 heavy (non-hydrogen) atoms. The highest BCUT2D eigenvalue weighted by atomic mass is 32.2. The van der Waals surface area contributed by atoms with E-state index in [1.807, 2.05) is 60.7 Å². The van der Waals surface area contributed by atoms with Crippen molar-refractivity contribution in [2.24, 2.45) is 0 Å². The number of ether oxygens (including phenoxy) is 3. The van der Waals surface area contributed by atoms with Gasteiger partial charge in [0.05, 0.1) is 18.0 Å². The molecule has 10 heteroatoms. The molecule has 4 aromatic rings. The summed E-state index contributed by atoms with van der Waals surface area (Å²) in [5.41, 5.74) is 4.55. The zero-order valence-electron chi connectivity index (χ0n) is 28.6. The van der Waals surface area contributed by atoms with Crippen molar-refractivity contribution in [2.75, 3.05) is 17.8 Å². The van der Waals surface area contributed by atoms with E-state index in [0.29, 0.717) is 18.0 Å². The van der Waals surface area contributed by atoms with Crippen LogP contribution in [-0.2, 0) is 27.5 Å². The van der Waals surface area contributed by atoms with E-state index in [4.69, 9.17) is 18.6 Å². The lowest BCUT2D eigenvalue weighted by Crippen LogP contribution is -2.44. The lowest BCUT2D eigenvalue weighted by atomic mass is 9.95. The third kappa shape index (κ3) is 9.19. The summed E-state index contributed by atoms with van der Waals surface area (Å²) in [6, 6.07) is 34.8. The van der Waals surface area contributed by atoms with Crippen LogP contribution in [0.3, 0.4) is 0 Å². The molecule has 1 aliphatic rings. The number of nitrogens with one attached hydrogen (secondary N) is 2. The molecule has 0 radical (unpaired) electrons. The summed E-state index contributed by atoms with van der Waals surface area (Å²) in [6.45, 7) is 9.33. The van der Waals surface area contributed by atoms with E-state index in [2.05, 4.69) is 74.1 Å². The van der Waals surface area contributed by atoms with Crippen LogP contribution >= 0.6 is 0 Å². The van der Waals surface area contributed by atoms with Gasteiger partial charge in [0.1, 0.15) is 12.4 Å². The average Bonchev–Trinajstić information content (AvgIpc) is 3.57. The van der Waals surface area contributed by atoms with Crippen LogP contribution in [0.4, 0.5) is 5.69 Å². The Hall–Kier alpha value is -3.83. The molecule has 1 heterocycles. The summed E-state index contributed by atoms with van der Waals surface area (Å²) >= 11 is 0. The first-order valence-corrected chi connectivity index (χ1v) is 21.2. The number of hydrogen-bond acceptors (Lipinski definition) is 7. The summed E-state index contributed by atoms with van der Waals surface area (Å²) in [4.78, 5) is 0. The maximum atomic E-state index is 12.5. The van der Waals surface area contributed by atoms with Crippen molar-refractivity contribution in [3.63, 3.8) is 0 Å². The molecule has 5 rings (SSSR count). The zero-order chi connectivity index (χ0) is 34.1. The van der Waals surface area contributed by atoms with Crippen LogP contribution in [0.2, 0.25) is 18.1 Å². The van der Waals surface area contributed by atoms with E-state index in [1.165, 1.54) is 5.56 Å². The fraction of sp³-hybridized carbons (Fsp3) is 0.368. The molecule has 2 N–H and O–H groups in total. The molecule has 8 nitrogen and oxygen atoms in total. The van der Waals surface area contributed by atoms with Gasteiger partial charge in [-0.15, -0.1) is 0 Å². The van der Waals surface area contributed by atoms with Crippen LogP contribution in [0, 0.1) is 0 Å². The Morgan fingerprint density at radius 1 is 0.792 bits per heavy atom. The minimum atomic E-state index is -3.59. The van der Waals surface area contributed by atoms with Crippen LogP contribution in [0.1, 0.15) is 62.1 Å². The van der Waals surface area contributed by atoms with Gasteiger partial charge in [-0.05, 0) is 78.0 Å². The van der Waals surface area contributed by atoms with Crippen molar-refractivity contribution in [3.05, 3.63) is 119 Å². The van der Waals surface area contributed by atoms with Gasteiger partial charge < -0.3 is 24.0 Å². The smallest absolute Gasteiger partial charge is 0.231 e. The molecule has 0 aromatic heterocycles. The molecule has 0 fully saturated rings. The predicted octanol–water partition coefficient (Wildman–Crippen LogP) is 8.39. The molecule has 256 valence electrons. The molecule has 0 unspecified atom stereocenters. The first kappa shape index (κ1) is 35.5. The molecule has 0 saturated heterocycles. The van der Waals surface area contributed by atoms with Crippen LogP contribution in [-0.4, -0.2) is 35.8 Å². The molecular formula is C38H48N2O6SSi. The number of sulfonamides is 1. The predicted molar refractivity (Wildman–Crippen MR) is 195 cm³/mol. The summed E-state index contributed by atoms with van der Waals surface area (Å²) in [5, 5.41) is 3.93. The Bertz CT molecular complexity index is 1730. The Morgan fingerprint density at radius 3 is 2.06 bits per heavy atom. The first-order valence-electron chi connectivity index (χ1n) is 16.8. The molecule has 0 aliphatic carbocycles. The van der Waals surface area contributed by atoms with Crippen LogP contribution < -0.4 is 24.2 Å². The van der Waals surface area contributed by atoms with Crippen LogP contribution in [0.5, 0.6) is 17.2 Å². The lowest BCUT2D eigenvalue weighted by molar-refractivity contribution is 0.141. The molecule has 3 atom stereocenters. The Balaban J connectivity index is 1.51. The van der Waals surface area contributed by atoms with Crippen LogP contribution in [0.15, 0.2) is 97.1 Å². The fourth-order valence-corrected chi connectivity index (χ4v) is 9.69. The highest BCUT2D eigenvalue weighted by Crippen LogP contribution is 2.39. The van der Waals surface area contributed by atoms with E-state index in [9.17, 15) is 8.42 Å². The average molecular weight is 689 g/mol. The highest BCUT2D eigenvalue weighted by molar-refractivity contribution is 7.92. The second kappa shape index (κ2) is 16.0. The van der Waals surface area contributed by atoms with E-state index < -0.39 is 18.3 Å². The van der Waals surface area contributed by atoms with Gasteiger partial charge in [-0.3, -0.25) is 4.72 Å². The summed E-state index contributed by atoms with van der Waals surface area (Å²) in [5.74, 6) is 1.95. The van der Waals surface area contributed by atoms with Gasteiger partial charge in [0, 0.05) is 12.1 Å². The van der Waals surface area contributed by atoms with Crippen molar-refractivity contribution >= 4 is 24.0 Å². The second-order valence-corrected chi connectivity index (χ2v) is 19.0. The maximum absolute atomic E-state index is 12.5. The van der Waals surface area contributed by atoms with Crippen molar-refractivity contribution in [2.45, 2.75) is 77.0 Å². The minimum absolute atomic E-state index is 0.0639. The largest absolute Gasteiger partial charge is 0.487 e. The monoisotopic (exact) mass is 688 g/mol. The summed E-state index contributed by atoms with van der Waals surface area (Å²) < 4.78 is 52.6. The second-order valence-electron chi connectivity index (χ2n) is 12.5. The van der Waals surface area contributed by atoms with Crippen molar-refractivity contribution in [1.82, 2.24) is 5.32 Å². The Kier molecular flexibility index (Phi) is 11.9. The van der Waals surface area contributed by atoms with E-state index >= 15 is 0 Å². The molecule has 4 aromatic carbocycles. The van der Waals surface area contributed by atoms with E-state index in [-0.39, 0.29) is 25.0 Å². The third-order valence-corrected chi connectivity index (χ3v) is 14.4. The molecule has 1 aliphatic heterocycles. The molecule has 0 spiro atoms. The number of fused-ring (bicyclic) bond motifs is 1. The van der Waals surface area contributed by atoms with Gasteiger partial charge in [-0.25, -0.2) is 8.42 Å². The van der Waals surface area contributed by atoms with Crippen LogP contribution in [0.25, 0.3) is 0 Å². The van der Waals surface area contributed by atoms with Crippen molar-refractivity contribution in [3.8, 4) is 17.2 Å². The quantitative estimate of drug-likeness (QED) is 0.108. The minimum Gasteiger partial charge on any atom is -0.487 e. The van der Waals surface area contributed by atoms with Gasteiger partial charge in [-0.2, -0.15) is 0 Å². The number of rotatable bonds is 17. The Labute approximate surface area is 287 Å². The molecule has 0 bridgehead atoms. The molecule has 0 saturated carbocycles. The zero-order valence-corrected chi connectivity index (χ0v) is 30.4. The van der Waals surface area contributed by atoms with Gasteiger partial charge in [0.25, 0.3) is 0 Å². The Morgan fingerprint density at radius 2 is 1.42 bits per heavy atom. The lowest BCUT2D eigenvalue weighted by Gasteiger charge is -2.38. The third-order valence-electron chi connectivity index (χ3n) is 9.17. The van der Waals surface area contributed by atoms with Gasteiger partial charge >= 0.3 is 0 Å². The number of anilines is 1. The maximum Gasteiger partial charge on any atom is 0.231 e. The highest BCUT2D eigenvalue weighted by Gasteiger charge is 2.36. The first-order chi connectivity index (χ1) is 23.1. The number of benzene rings is 4. The van der Waals surface area contributed by atoms with Gasteiger partial charge in [0.2, 0.25) is 16.8 Å². The molecular weight excluding hydrogens is 641 g/mol. The normalized spacial score (nSPS) is 14.7. The van der Waals surface area contributed by atoms with E-state index in [0.717, 1.165) is 59.0 Å².